The molecule has 19 heavy (non-hydrogen) atoms. The van der Waals surface area contributed by atoms with Gasteiger partial charge >= 0.3 is 0 Å². The first kappa shape index (κ1) is 13.2. The Hall–Kier alpha value is -2.21. The van der Waals surface area contributed by atoms with E-state index < -0.39 is 6.10 Å². The number of ether oxygens (including phenoxy) is 2. The highest BCUT2D eigenvalue weighted by Gasteiger charge is 2.18. The molecule has 0 aliphatic heterocycles. The Morgan fingerprint density at radius 1 is 1.26 bits per heavy atom. The molecule has 2 heterocycles. The highest BCUT2D eigenvalue weighted by molar-refractivity contribution is 5.26. The standard InChI is InChI=1S/C13H15N3O3/c1-18-11-8-15-12(13(16-11)19-2)10(17)6-9-4-3-5-14-7-9/h3-5,7-8,10,17H,6H2,1-2H3. The molecule has 1 N–H and O–H groups in total. The van der Waals surface area contributed by atoms with Gasteiger partial charge in [0.1, 0.15) is 11.8 Å². The third kappa shape index (κ3) is 3.17. The van der Waals surface area contributed by atoms with Crippen LogP contribution in [0.5, 0.6) is 11.8 Å². The van der Waals surface area contributed by atoms with Gasteiger partial charge in [0.15, 0.2) is 0 Å². The van der Waals surface area contributed by atoms with Gasteiger partial charge in [-0.1, -0.05) is 6.07 Å². The maximum atomic E-state index is 10.2. The van der Waals surface area contributed by atoms with Crippen LogP contribution in [-0.4, -0.2) is 34.3 Å². The minimum atomic E-state index is -0.808. The van der Waals surface area contributed by atoms with E-state index in [-0.39, 0.29) is 5.88 Å². The molecule has 0 spiro atoms. The molecule has 1 unspecified atom stereocenters. The van der Waals surface area contributed by atoms with Crippen molar-refractivity contribution in [2.75, 3.05) is 14.2 Å². The fraction of sp³-hybridized carbons (Fsp3) is 0.308. The van der Waals surface area contributed by atoms with Crippen molar-refractivity contribution in [1.29, 1.82) is 0 Å². The summed E-state index contributed by atoms with van der Waals surface area (Å²) in [6.45, 7) is 0. The average Bonchev–Trinajstić information content (AvgIpc) is 2.47. The second-order valence-electron chi connectivity index (χ2n) is 3.89. The zero-order valence-electron chi connectivity index (χ0n) is 10.8. The van der Waals surface area contributed by atoms with Crippen LogP contribution in [0.2, 0.25) is 0 Å². The highest BCUT2D eigenvalue weighted by Crippen LogP contribution is 2.25. The van der Waals surface area contributed by atoms with E-state index >= 15 is 0 Å². The lowest BCUT2D eigenvalue weighted by Crippen LogP contribution is -2.08. The van der Waals surface area contributed by atoms with Crippen LogP contribution in [0, 0.1) is 0 Å². The molecule has 1 atom stereocenters. The van der Waals surface area contributed by atoms with Crippen LogP contribution in [0.4, 0.5) is 0 Å². The van der Waals surface area contributed by atoms with Gasteiger partial charge in [0.05, 0.1) is 20.4 Å². The van der Waals surface area contributed by atoms with E-state index in [4.69, 9.17) is 9.47 Å². The smallest absolute Gasteiger partial charge is 0.241 e. The van der Waals surface area contributed by atoms with E-state index in [2.05, 4.69) is 15.0 Å². The molecular formula is C13H15N3O3. The summed E-state index contributed by atoms with van der Waals surface area (Å²) in [5.74, 6) is 0.602. The SMILES string of the molecule is COc1cnc(C(O)Cc2cccnc2)c(OC)n1. The first-order valence-corrected chi connectivity index (χ1v) is 5.76. The quantitative estimate of drug-likeness (QED) is 0.870. The largest absolute Gasteiger partial charge is 0.480 e. The van der Waals surface area contributed by atoms with Crippen molar-refractivity contribution >= 4 is 0 Å². The molecule has 0 saturated carbocycles. The summed E-state index contributed by atoms with van der Waals surface area (Å²) in [4.78, 5) is 12.2. The topological polar surface area (TPSA) is 77.4 Å². The minimum Gasteiger partial charge on any atom is -0.480 e. The molecule has 0 amide bonds. The van der Waals surface area contributed by atoms with Gasteiger partial charge in [-0.25, -0.2) is 4.98 Å². The molecule has 0 aromatic carbocycles. The van der Waals surface area contributed by atoms with Gasteiger partial charge in [0.25, 0.3) is 0 Å². The minimum absolute atomic E-state index is 0.260. The van der Waals surface area contributed by atoms with E-state index in [9.17, 15) is 5.11 Å². The fourth-order valence-electron chi connectivity index (χ4n) is 1.68. The Balaban J connectivity index is 2.21. The summed E-state index contributed by atoms with van der Waals surface area (Å²) in [5, 5.41) is 10.2. The summed E-state index contributed by atoms with van der Waals surface area (Å²) in [7, 11) is 2.97. The molecule has 0 fully saturated rings. The van der Waals surface area contributed by atoms with Gasteiger partial charge in [-0.05, 0) is 11.6 Å². The van der Waals surface area contributed by atoms with Crippen molar-refractivity contribution in [3.63, 3.8) is 0 Å². The molecule has 0 aliphatic rings. The van der Waals surface area contributed by atoms with E-state index in [1.54, 1.807) is 12.4 Å². The first-order valence-electron chi connectivity index (χ1n) is 5.76. The van der Waals surface area contributed by atoms with Gasteiger partial charge < -0.3 is 14.6 Å². The van der Waals surface area contributed by atoms with E-state index in [0.717, 1.165) is 5.56 Å². The second-order valence-corrected chi connectivity index (χ2v) is 3.89. The molecule has 0 aliphatic carbocycles. The number of pyridine rings is 1. The van der Waals surface area contributed by atoms with Crippen molar-refractivity contribution in [3.05, 3.63) is 42.0 Å². The molecule has 6 heteroatoms. The number of rotatable bonds is 5. The van der Waals surface area contributed by atoms with Crippen LogP contribution in [0.25, 0.3) is 0 Å². The lowest BCUT2D eigenvalue weighted by Gasteiger charge is -2.13. The molecule has 100 valence electrons. The lowest BCUT2D eigenvalue weighted by molar-refractivity contribution is 0.167. The first-order chi connectivity index (χ1) is 9.24. The van der Waals surface area contributed by atoms with Crippen LogP contribution < -0.4 is 9.47 Å². The maximum Gasteiger partial charge on any atom is 0.241 e. The normalized spacial score (nSPS) is 11.9. The molecule has 2 rings (SSSR count). The second kappa shape index (κ2) is 6.10. The van der Waals surface area contributed by atoms with E-state index in [1.165, 1.54) is 20.4 Å². The van der Waals surface area contributed by atoms with Crippen molar-refractivity contribution in [3.8, 4) is 11.8 Å². The zero-order valence-corrected chi connectivity index (χ0v) is 10.8. The Bertz CT molecular complexity index is 534. The summed E-state index contributed by atoms with van der Waals surface area (Å²) in [6.07, 6.45) is 4.42. The fourth-order valence-corrected chi connectivity index (χ4v) is 1.68. The van der Waals surface area contributed by atoms with Crippen LogP contribution in [0.1, 0.15) is 17.4 Å². The molecule has 6 nitrogen and oxygen atoms in total. The summed E-state index contributed by atoms with van der Waals surface area (Å²) in [6, 6.07) is 3.71. The summed E-state index contributed by atoms with van der Waals surface area (Å²) >= 11 is 0. The molecule has 0 bridgehead atoms. The van der Waals surface area contributed by atoms with Gasteiger partial charge in [-0.15, -0.1) is 0 Å². The number of aliphatic hydroxyl groups excluding tert-OH is 1. The van der Waals surface area contributed by atoms with Crippen molar-refractivity contribution in [2.45, 2.75) is 12.5 Å². The third-order valence-corrected chi connectivity index (χ3v) is 2.61. The number of aromatic nitrogens is 3. The predicted molar refractivity (Wildman–Crippen MR) is 68.0 cm³/mol. The molecule has 2 aromatic rings. The van der Waals surface area contributed by atoms with Gasteiger partial charge in [0, 0.05) is 18.8 Å². The Morgan fingerprint density at radius 3 is 2.74 bits per heavy atom. The summed E-state index contributed by atoms with van der Waals surface area (Å²) < 4.78 is 10.1. The molecule has 2 aromatic heterocycles. The Morgan fingerprint density at radius 2 is 2.11 bits per heavy atom. The van der Waals surface area contributed by atoms with E-state index in [0.29, 0.717) is 18.0 Å². The number of hydrogen-bond donors (Lipinski definition) is 1. The van der Waals surface area contributed by atoms with Crippen molar-refractivity contribution < 1.29 is 14.6 Å². The summed E-state index contributed by atoms with van der Waals surface area (Å²) in [5.41, 5.74) is 1.29. The van der Waals surface area contributed by atoms with Crippen molar-refractivity contribution in [1.82, 2.24) is 15.0 Å². The molecule has 0 saturated heterocycles. The van der Waals surface area contributed by atoms with Crippen LogP contribution in [0.15, 0.2) is 30.7 Å². The van der Waals surface area contributed by atoms with E-state index in [1.807, 2.05) is 12.1 Å². The lowest BCUT2D eigenvalue weighted by atomic mass is 10.1. The molecular weight excluding hydrogens is 246 g/mol. The third-order valence-electron chi connectivity index (χ3n) is 2.61. The highest BCUT2D eigenvalue weighted by atomic mass is 16.5. The number of nitrogens with zero attached hydrogens (tertiary/aromatic N) is 3. The van der Waals surface area contributed by atoms with Crippen LogP contribution in [-0.2, 0) is 6.42 Å². The van der Waals surface area contributed by atoms with Gasteiger partial charge in [-0.3, -0.25) is 4.98 Å². The van der Waals surface area contributed by atoms with Gasteiger partial charge in [0.2, 0.25) is 11.8 Å². The Labute approximate surface area is 111 Å². The molecule has 0 radical (unpaired) electrons. The predicted octanol–water partition coefficient (Wildman–Crippen LogP) is 1.16. The number of hydrogen-bond acceptors (Lipinski definition) is 6. The van der Waals surface area contributed by atoms with Crippen LogP contribution >= 0.6 is 0 Å². The maximum absolute atomic E-state index is 10.2. The van der Waals surface area contributed by atoms with Crippen LogP contribution in [0.3, 0.4) is 0 Å². The number of aliphatic hydroxyl groups is 1. The monoisotopic (exact) mass is 261 g/mol. The average molecular weight is 261 g/mol. The number of methoxy groups -OCH3 is 2. The van der Waals surface area contributed by atoms with Crippen molar-refractivity contribution in [2.24, 2.45) is 0 Å². The van der Waals surface area contributed by atoms with Gasteiger partial charge in [-0.2, -0.15) is 4.98 Å². The zero-order chi connectivity index (χ0) is 13.7. The Kier molecular flexibility index (Phi) is 4.25.